The molecule has 1 unspecified atom stereocenters. The van der Waals surface area contributed by atoms with E-state index in [1.54, 1.807) is 7.11 Å². The van der Waals surface area contributed by atoms with Crippen molar-refractivity contribution in [3.63, 3.8) is 0 Å². The highest BCUT2D eigenvalue weighted by atomic mass is 16.5. The highest BCUT2D eigenvalue weighted by Crippen LogP contribution is 2.27. The van der Waals surface area contributed by atoms with Gasteiger partial charge in [-0.1, -0.05) is 42.5 Å². The first kappa shape index (κ1) is 24.0. The van der Waals surface area contributed by atoms with Crippen LogP contribution in [0, 0.1) is 0 Å². The zero-order chi connectivity index (χ0) is 22.8. The van der Waals surface area contributed by atoms with Gasteiger partial charge in [-0.2, -0.15) is 0 Å². The molecule has 0 saturated carbocycles. The monoisotopic (exact) mass is 439 g/mol. The van der Waals surface area contributed by atoms with E-state index in [9.17, 15) is 0 Å². The minimum absolute atomic E-state index is 0.151. The lowest BCUT2D eigenvalue weighted by molar-refractivity contribution is 0.0341. The predicted molar refractivity (Wildman–Crippen MR) is 130 cm³/mol. The molecule has 1 aliphatic heterocycles. The standard InChI is InChI=1S/C25H37N5O2/c1-26-25(28-18-23(29(2)3)22-11-7-8-12-24(22)31-4)27-17-20-9-5-6-10-21(20)19-30-13-15-32-16-14-30/h5-12,23H,13-19H2,1-4H3,(H2,26,27,28). The molecule has 174 valence electrons. The van der Waals surface area contributed by atoms with Crippen LogP contribution < -0.4 is 15.4 Å². The van der Waals surface area contributed by atoms with Crippen LogP contribution in [0.2, 0.25) is 0 Å². The minimum atomic E-state index is 0.151. The van der Waals surface area contributed by atoms with Gasteiger partial charge in [-0.3, -0.25) is 9.89 Å². The van der Waals surface area contributed by atoms with Crippen LogP contribution >= 0.6 is 0 Å². The number of morpholine rings is 1. The summed E-state index contributed by atoms with van der Waals surface area (Å²) in [7, 11) is 7.68. The van der Waals surface area contributed by atoms with Gasteiger partial charge < -0.3 is 25.0 Å². The third-order valence-electron chi connectivity index (χ3n) is 5.87. The predicted octanol–water partition coefficient (Wildman–Crippen LogP) is 2.50. The van der Waals surface area contributed by atoms with Crippen LogP contribution in [-0.4, -0.2) is 76.9 Å². The summed E-state index contributed by atoms with van der Waals surface area (Å²) in [6.07, 6.45) is 0. The number of likely N-dealkylation sites (N-methyl/N-ethyl adjacent to an activating group) is 1. The zero-order valence-corrected chi connectivity index (χ0v) is 19.8. The second kappa shape index (κ2) is 12.4. The fourth-order valence-electron chi connectivity index (χ4n) is 3.99. The lowest BCUT2D eigenvalue weighted by Gasteiger charge is -2.28. The number of hydrogen-bond donors (Lipinski definition) is 2. The minimum Gasteiger partial charge on any atom is -0.496 e. The molecule has 2 aromatic carbocycles. The van der Waals surface area contributed by atoms with Crippen molar-refractivity contribution in [3.8, 4) is 5.75 Å². The molecule has 2 aromatic rings. The van der Waals surface area contributed by atoms with Crippen LogP contribution in [0.1, 0.15) is 22.7 Å². The Morgan fingerprint density at radius 1 is 1.06 bits per heavy atom. The number of benzene rings is 2. The Morgan fingerprint density at radius 3 is 2.44 bits per heavy atom. The van der Waals surface area contributed by atoms with E-state index in [0.29, 0.717) is 6.54 Å². The van der Waals surface area contributed by atoms with E-state index < -0.39 is 0 Å². The largest absolute Gasteiger partial charge is 0.496 e. The summed E-state index contributed by atoms with van der Waals surface area (Å²) in [5.41, 5.74) is 3.78. The molecular weight excluding hydrogens is 402 g/mol. The van der Waals surface area contributed by atoms with Crippen molar-refractivity contribution in [2.75, 3.05) is 61.1 Å². The molecular formula is C25H37N5O2. The number of aliphatic imine (C=N–C) groups is 1. The van der Waals surface area contributed by atoms with E-state index in [4.69, 9.17) is 9.47 Å². The smallest absolute Gasteiger partial charge is 0.191 e. The summed E-state index contributed by atoms with van der Waals surface area (Å²) in [4.78, 5) is 9.07. The van der Waals surface area contributed by atoms with Crippen molar-refractivity contribution in [3.05, 3.63) is 65.2 Å². The Labute approximate surface area is 192 Å². The third kappa shape index (κ3) is 6.69. The van der Waals surface area contributed by atoms with Crippen molar-refractivity contribution in [1.29, 1.82) is 0 Å². The molecule has 1 fully saturated rings. The highest BCUT2D eigenvalue weighted by Gasteiger charge is 2.19. The molecule has 0 aromatic heterocycles. The molecule has 1 saturated heterocycles. The number of nitrogens with one attached hydrogen (secondary N) is 2. The quantitative estimate of drug-likeness (QED) is 0.463. The Bertz CT molecular complexity index is 865. The van der Waals surface area contributed by atoms with E-state index in [0.717, 1.165) is 56.7 Å². The Morgan fingerprint density at radius 2 is 1.75 bits per heavy atom. The van der Waals surface area contributed by atoms with Crippen molar-refractivity contribution in [2.24, 2.45) is 4.99 Å². The highest BCUT2D eigenvalue weighted by molar-refractivity contribution is 5.79. The van der Waals surface area contributed by atoms with E-state index in [2.05, 4.69) is 69.9 Å². The molecule has 1 atom stereocenters. The van der Waals surface area contributed by atoms with Crippen LogP contribution in [0.25, 0.3) is 0 Å². The van der Waals surface area contributed by atoms with Gasteiger partial charge in [0.25, 0.3) is 0 Å². The number of ether oxygens (including phenoxy) is 2. The summed E-state index contributed by atoms with van der Waals surface area (Å²) >= 11 is 0. The molecule has 3 rings (SSSR count). The first-order chi connectivity index (χ1) is 15.6. The summed E-state index contributed by atoms with van der Waals surface area (Å²) in [6, 6.07) is 16.9. The van der Waals surface area contributed by atoms with Crippen molar-refractivity contribution >= 4 is 5.96 Å². The van der Waals surface area contributed by atoms with Gasteiger partial charge in [-0.05, 0) is 31.3 Å². The van der Waals surface area contributed by atoms with Crippen LogP contribution in [0.15, 0.2) is 53.5 Å². The molecule has 1 heterocycles. The topological polar surface area (TPSA) is 61.4 Å². The van der Waals surface area contributed by atoms with Gasteiger partial charge in [0.15, 0.2) is 5.96 Å². The molecule has 7 nitrogen and oxygen atoms in total. The van der Waals surface area contributed by atoms with E-state index >= 15 is 0 Å². The average molecular weight is 440 g/mol. The zero-order valence-electron chi connectivity index (χ0n) is 19.8. The molecule has 0 spiro atoms. The van der Waals surface area contributed by atoms with Crippen molar-refractivity contribution < 1.29 is 9.47 Å². The Kier molecular flexibility index (Phi) is 9.34. The van der Waals surface area contributed by atoms with Crippen LogP contribution in [0.4, 0.5) is 0 Å². The van der Waals surface area contributed by atoms with E-state index in [1.165, 1.54) is 11.1 Å². The number of hydrogen-bond acceptors (Lipinski definition) is 5. The molecule has 7 heteroatoms. The molecule has 0 bridgehead atoms. The Hall–Kier alpha value is -2.61. The third-order valence-corrected chi connectivity index (χ3v) is 5.87. The number of methoxy groups -OCH3 is 1. The lowest BCUT2D eigenvalue weighted by Crippen LogP contribution is -2.41. The second-order valence-corrected chi connectivity index (χ2v) is 8.19. The van der Waals surface area contributed by atoms with Gasteiger partial charge in [0.1, 0.15) is 5.75 Å². The molecule has 32 heavy (non-hydrogen) atoms. The molecule has 0 radical (unpaired) electrons. The number of rotatable bonds is 9. The van der Waals surface area contributed by atoms with Crippen LogP contribution in [0.5, 0.6) is 5.75 Å². The number of guanidine groups is 1. The number of para-hydroxylation sites is 1. The average Bonchev–Trinajstić information content (AvgIpc) is 2.82. The summed E-state index contributed by atoms with van der Waals surface area (Å²) in [6.45, 7) is 5.99. The van der Waals surface area contributed by atoms with Gasteiger partial charge in [0.2, 0.25) is 0 Å². The Balaban J connectivity index is 1.60. The molecule has 1 aliphatic rings. The molecule has 0 aliphatic carbocycles. The maximum absolute atomic E-state index is 5.58. The maximum Gasteiger partial charge on any atom is 0.191 e. The summed E-state index contributed by atoms with van der Waals surface area (Å²) in [5.74, 6) is 1.68. The van der Waals surface area contributed by atoms with E-state index in [-0.39, 0.29) is 6.04 Å². The summed E-state index contributed by atoms with van der Waals surface area (Å²) in [5, 5.41) is 6.97. The fourth-order valence-corrected chi connectivity index (χ4v) is 3.99. The van der Waals surface area contributed by atoms with Gasteiger partial charge in [0.05, 0.1) is 26.4 Å². The molecule has 2 N–H and O–H groups in total. The van der Waals surface area contributed by atoms with Gasteiger partial charge in [0, 0.05) is 45.3 Å². The SMILES string of the molecule is CN=C(NCc1ccccc1CN1CCOCC1)NCC(c1ccccc1OC)N(C)C. The van der Waals surface area contributed by atoms with Gasteiger partial charge in [-0.15, -0.1) is 0 Å². The van der Waals surface area contributed by atoms with Crippen molar-refractivity contribution in [1.82, 2.24) is 20.4 Å². The first-order valence-corrected chi connectivity index (χ1v) is 11.2. The van der Waals surface area contributed by atoms with Crippen molar-refractivity contribution in [2.45, 2.75) is 19.1 Å². The van der Waals surface area contributed by atoms with E-state index in [1.807, 2.05) is 25.2 Å². The normalized spacial score (nSPS) is 16.1. The van der Waals surface area contributed by atoms with Crippen LogP contribution in [-0.2, 0) is 17.8 Å². The first-order valence-electron chi connectivity index (χ1n) is 11.2. The number of nitrogens with zero attached hydrogens (tertiary/aromatic N) is 3. The van der Waals surface area contributed by atoms with Gasteiger partial charge in [-0.25, -0.2) is 0 Å². The second-order valence-electron chi connectivity index (χ2n) is 8.19. The van der Waals surface area contributed by atoms with Crippen LogP contribution in [0.3, 0.4) is 0 Å². The lowest BCUT2D eigenvalue weighted by atomic mass is 10.0. The molecule has 0 amide bonds. The summed E-state index contributed by atoms with van der Waals surface area (Å²) < 4.78 is 11.1. The maximum atomic E-state index is 5.58. The fraction of sp³-hybridized carbons (Fsp3) is 0.480. The van der Waals surface area contributed by atoms with Gasteiger partial charge >= 0.3 is 0 Å².